The van der Waals surface area contributed by atoms with Crippen molar-refractivity contribution in [1.29, 1.82) is 0 Å². The molecule has 0 heterocycles. The minimum absolute atomic E-state index is 0.137. The first kappa shape index (κ1) is 19.1. The third-order valence-electron chi connectivity index (χ3n) is 1.89. The van der Waals surface area contributed by atoms with Crippen LogP contribution in [0, 0.1) is 0 Å². The van der Waals surface area contributed by atoms with Crippen molar-refractivity contribution in [2.75, 3.05) is 13.2 Å². The molecular formula is C14H16O8. The summed E-state index contributed by atoms with van der Waals surface area (Å²) in [6, 6.07) is 0. The molecule has 0 aromatic carbocycles. The first-order chi connectivity index (χ1) is 10.5. The van der Waals surface area contributed by atoms with Gasteiger partial charge >= 0.3 is 23.9 Å². The highest BCUT2D eigenvalue weighted by Gasteiger charge is 2.06. The molecule has 0 N–H and O–H groups in total. The molecule has 0 aromatic heterocycles. The number of carbonyl (C=O) groups is 4. The number of hydrogen-bond donors (Lipinski definition) is 0. The molecule has 0 atom stereocenters. The Kier molecular flexibility index (Phi) is 10.3. The van der Waals surface area contributed by atoms with Gasteiger partial charge in [-0.25, -0.2) is 9.59 Å². The minimum Gasteiger partial charge on any atom is -0.462 e. The largest absolute Gasteiger partial charge is 0.462 e. The number of esters is 4. The molecule has 0 aliphatic rings. The number of rotatable bonds is 10. The predicted molar refractivity (Wildman–Crippen MR) is 72.9 cm³/mol. The lowest BCUT2D eigenvalue weighted by molar-refractivity contribution is -0.146. The second kappa shape index (κ2) is 11.9. The van der Waals surface area contributed by atoms with Crippen molar-refractivity contribution in [3.05, 3.63) is 37.8 Å². The zero-order valence-corrected chi connectivity index (χ0v) is 11.8. The molecule has 120 valence electrons. The molecule has 0 bridgehead atoms. The van der Waals surface area contributed by atoms with E-state index in [9.17, 15) is 19.2 Å². The van der Waals surface area contributed by atoms with Gasteiger partial charge in [0.05, 0.1) is 25.4 Å². The van der Waals surface area contributed by atoms with Crippen molar-refractivity contribution in [2.45, 2.75) is 12.8 Å². The summed E-state index contributed by atoms with van der Waals surface area (Å²) in [5.41, 5.74) is 0. The standard InChI is InChI=1S/C14H16O8/c1-3-19-13(17)7-9-21-11(15)5-6-12(16)22-10-8-14(18)20-4-2/h3-6H,1-2,7-10H2/b6-5-. The molecule has 0 aromatic rings. The van der Waals surface area contributed by atoms with Crippen LogP contribution < -0.4 is 0 Å². The number of carbonyl (C=O) groups excluding carboxylic acids is 4. The van der Waals surface area contributed by atoms with E-state index in [1.54, 1.807) is 0 Å². The topological polar surface area (TPSA) is 105 Å². The Hall–Kier alpha value is -2.90. The van der Waals surface area contributed by atoms with Crippen LogP contribution >= 0.6 is 0 Å². The van der Waals surface area contributed by atoms with Crippen LogP contribution in [0.15, 0.2) is 37.8 Å². The van der Waals surface area contributed by atoms with Crippen LogP contribution in [0.4, 0.5) is 0 Å². The van der Waals surface area contributed by atoms with Gasteiger partial charge in [0.15, 0.2) is 0 Å². The number of ether oxygens (including phenoxy) is 4. The van der Waals surface area contributed by atoms with Crippen LogP contribution in [0.3, 0.4) is 0 Å². The van der Waals surface area contributed by atoms with E-state index in [-0.39, 0.29) is 26.1 Å². The molecule has 0 radical (unpaired) electrons. The van der Waals surface area contributed by atoms with Gasteiger partial charge < -0.3 is 18.9 Å². The third-order valence-corrected chi connectivity index (χ3v) is 1.89. The molecule has 0 aliphatic carbocycles. The molecule has 0 unspecified atom stereocenters. The maximum absolute atomic E-state index is 11.2. The summed E-state index contributed by atoms with van der Waals surface area (Å²) in [7, 11) is 0. The monoisotopic (exact) mass is 312 g/mol. The average molecular weight is 312 g/mol. The third kappa shape index (κ3) is 11.0. The summed E-state index contributed by atoms with van der Waals surface area (Å²) >= 11 is 0. The molecule has 0 aliphatic heterocycles. The van der Waals surface area contributed by atoms with E-state index >= 15 is 0 Å². The molecule has 0 rings (SSSR count). The van der Waals surface area contributed by atoms with Gasteiger partial charge in [-0.15, -0.1) is 0 Å². The van der Waals surface area contributed by atoms with E-state index in [0.29, 0.717) is 0 Å². The van der Waals surface area contributed by atoms with Crippen LogP contribution in [-0.2, 0) is 38.1 Å². The van der Waals surface area contributed by atoms with Crippen LogP contribution in [0.5, 0.6) is 0 Å². The van der Waals surface area contributed by atoms with E-state index < -0.39 is 23.9 Å². The SMILES string of the molecule is C=COC(=O)CCOC(=O)/C=C\C(=O)OCCC(=O)OC=C. The van der Waals surface area contributed by atoms with Gasteiger partial charge in [0.25, 0.3) is 0 Å². The van der Waals surface area contributed by atoms with E-state index in [1.807, 2.05) is 0 Å². The molecule has 0 fully saturated rings. The minimum atomic E-state index is -0.825. The van der Waals surface area contributed by atoms with Gasteiger partial charge in [-0.3, -0.25) is 9.59 Å². The highest BCUT2D eigenvalue weighted by Crippen LogP contribution is 1.93. The Balaban J connectivity index is 3.84. The van der Waals surface area contributed by atoms with Crippen molar-refractivity contribution in [3.8, 4) is 0 Å². The first-order valence-electron chi connectivity index (χ1n) is 6.12. The Morgan fingerprint density at radius 2 is 1.09 bits per heavy atom. The van der Waals surface area contributed by atoms with E-state index in [1.165, 1.54) is 0 Å². The molecule has 0 spiro atoms. The summed E-state index contributed by atoms with van der Waals surface area (Å²) in [5, 5.41) is 0. The second-order valence-electron chi connectivity index (χ2n) is 3.48. The van der Waals surface area contributed by atoms with Gasteiger partial charge in [-0.2, -0.15) is 0 Å². The maximum Gasteiger partial charge on any atom is 0.331 e. The van der Waals surface area contributed by atoms with Gasteiger partial charge in [-0.1, -0.05) is 13.2 Å². The summed E-state index contributed by atoms with van der Waals surface area (Å²) in [4.78, 5) is 44.1. The van der Waals surface area contributed by atoms with E-state index in [2.05, 4.69) is 32.1 Å². The lowest BCUT2D eigenvalue weighted by Crippen LogP contribution is -2.10. The van der Waals surface area contributed by atoms with Gasteiger partial charge in [-0.05, 0) is 0 Å². The Labute approximate surface area is 127 Å². The summed E-state index contributed by atoms with van der Waals surface area (Å²) in [6.07, 6.45) is 3.32. The average Bonchev–Trinajstić information content (AvgIpc) is 2.45. The smallest absolute Gasteiger partial charge is 0.331 e. The molecule has 8 nitrogen and oxygen atoms in total. The van der Waals surface area contributed by atoms with Crippen molar-refractivity contribution in [2.24, 2.45) is 0 Å². The molecule has 0 saturated carbocycles. The normalized spacial score (nSPS) is 9.64. The highest BCUT2D eigenvalue weighted by atomic mass is 16.6. The van der Waals surface area contributed by atoms with Crippen LogP contribution in [0.25, 0.3) is 0 Å². The fourth-order valence-corrected chi connectivity index (χ4v) is 1.01. The Bertz CT molecular complexity index is 421. The number of hydrogen-bond acceptors (Lipinski definition) is 8. The Morgan fingerprint density at radius 3 is 1.41 bits per heavy atom. The molecular weight excluding hydrogens is 296 g/mol. The second-order valence-corrected chi connectivity index (χ2v) is 3.48. The lowest BCUT2D eigenvalue weighted by Gasteiger charge is -2.01. The summed E-state index contributed by atoms with van der Waals surface area (Å²) in [5.74, 6) is -2.85. The molecule has 0 amide bonds. The Morgan fingerprint density at radius 1 is 0.727 bits per heavy atom. The summed E-state index contributed by atoms with van der Waals surface area (Å²) in [6.45, 7) is 5.99. The van der Waals surface area contributed by atoms with Crippen molar-refractivity contribution >= 4 is 23.9 Å². The zero-order valence-electron chi connectivity index (χ0n) is 11.8. The van der Waals surface area contributed by atoms with Crippen LogP contribution in [0.2, 0.25) is 0 Å². The fraction of sp³-hybridized carbons (Fsp3) is 0.286. The highest BCUT2D eigenvalue weighted by molar-refractivity contribution is 5.91. The van der Waals surface area contributed by atoms with Gasteiger partial charge in [0.2, 0.25) is 0 Å². The first-order valence-corrected chi connectivity index (χ1v) is 6.12. The van der Waals surface area contributed by atoms with Gasteiger partial charge in [0, 0.05) is 12.2 Å². The zero-order chi connectivity index (χ0) is 16.8. The van der Waals surface area contributed by atoms with Crippen LogP contribution in [0.1, 0.15) is 12.8 Å². The van der Waals surface area contributed by atoms with Crippen molar-refractivity contribution in [1.82, 2.24) is 0 Å². The van der Waals surface area contributed by atoms with Crippen molar-refractivity contribution in [3.63, 3.8) is 0 Å². The van der Waals surface area contributed by atoms with Crippen LogP contribution in [-0.4, -0.2) is 37.1 Å². The molecule has 22 heavy (non-hydrogen) atoms. The quantitative estimate of drug-likeness (QED) is 0.252. The molecule has 0 saturated heterocycles. The summed E-state index contributed by atoms with van der Waals surface area (Å²) < 4.78 is 18.1. The maximum atomic E-state index is 11.2. The fourth-order valence-electron chi connectivity index (χ4n) is 1.01. The van der Waals surface area contributed by atoms with Crippen molar-refractivity contribution < 1.29 is 38.1 Å². The van der Waals surface area contributed by atoms with E-state index in [4.69, 9.17) is 0 Å². The predicted octanol–water partition coefficient (Wildman–Crippen LogP) is 0.783. The van der Waals surface area contributed by atoms with Gasteiger partial charge in [0.1, 0.15) is 13.2 Å². The lowest BCUT2D eigenvalue weighted by atomic mass is 10.4. The molecule has 8 heteroatoms. The van der Waals surface area contributed by atoms with E-state index in [0.717, 1.165) is 24.7 Å².